The van der Waals surface area contributed by atoms with Crippen molar-refractivity contribution in [2.24, 2.45) is 0 Å². The van der Waals surface area contributed by atoms with Gasteiger partial charge in [-0.3, -0.25) is 0 Å². The van der Waals surface area contributed by atoms with E-state index in [1.165, 1.54) is 91.3 Å². The summed E-state index contributed by atoms with van der Waals surface area (Å²) in [6, 6.07) is 35.2. The molecular weight excluding hydrogens is 977 g/mol. The minimum atomic E-state index is -0.488. The van der Waals surface area contributed by atoms with Crippen molar-refractivity contribution in [2.45, 2.75) is 141 Å². The van der Waals surface area contributed by atoms with Gasteiger partial charge in [0.2, 0.25) is 0 Å². The van der Waals surface area contributed by atoms with Crippen LogP contribution in [0.25, 0.3) is 21.5 Å². The van der Waals surface area contributed by atoms with E-state index in [1.54, 1.807) is 24.3 Å². The molecule has 0 unspecified atom stereocenters. The number of rotatable bonds is 35. The van der Waals surface area contributed by atoms with Gasteiger partial charge in [0.05, 0.1) is 40.6 Å². The first-order valence-corrected chi connectivity index (χ1v) is 28.7. The maximum atomic E-state index is 12.8. The standard InChI is InChI=1S/C68H82O10/c1-73-67(71)63-49-55(27-25-53-29-33-59-51-61(37-35-57(59)47-53)75-43-21-15-11-7-3-5-9-13-19-41-69)31-39-65(63)77-45-23-17-18-24-46-78-66-40-32-56(50-64(66)68(72)74-2)28-26-54-30-34-60-52-62(38-36-58(60)48-54)76-44-22-16-12-8-4-6-10-14-20-42-70/h29-40,47-52,69-70H,3-24,41-46H2,1-2H3. The fraction of sp³-hybridized carbons (Fsp3) is 0.441. The number of aliphatic hydroxyl groups excluding tert-OH is 2. The molecule has 0 aliphatic carbocycles. The molecule has 78 heavy (non-hydrogen) atoms. The summed E-state index contributed by atoms with van der Waals surface area (Å²) in [6.07, 6.45) is 24.3. The lowest BCUT2D eigenvalue weighted by Gasteiger charge is -2.12. The van der Waals surface area contributed by atoms with E-state index in [1.807, 2.05) is 36.4 Å². The Bertz CT molecular complexity index is 2700. The minimum Gasteiger partial charge on any atom is -0.494 e. The molecule has 0 atom stereocenters. The zero-order chi connectivity index (χ0) is 54.8. The Morgan fingerprint density at radius 3 is 0.962 bits per heavy atom. The van der Waals surface area contributed by atoms with Gasteiger partial charge in [-0.2, -0.15) is 0 Å². The molecule has 0 fully saturated rings. The molecule has 0 saturated carbocycles. The molecule has 0 saturated heterocycles. The van der Waals surface area contributed by atoms with Crippen LogP contribution in [0.4, 0.5) is 0 Å². The third-order valence-electron chi connectivity index (χ3n) is 13.8. The number of unbranched alkanes of at least 4 members (excludes halogenated alkanes) is 19. The van der Waals surface area contributed by atoms with Gasteiger partial charge in [0, 0.05) is 35.5 Å². The molecule has 414 valence electrons. The summed E-state index contributed by atoms with van der Waals surface area (Å²) < 4.78 is 34.5. The molecule has 0 amide bonds. The van der Waals surface area contributed by atoms with Gasteiger partial charge in [0.1, 0.15) is 34.1 Å². The molecule has 6 aromatic carbocycles. The maximum Gasteiger partial charge on any atom is 0.341 e. The van der Waals surface area contributed by atoms with Crippen molar-refractivity contribution < 1.29 is 48.2 Å². The summed E-state index contributed by atoms with van der Waals surface area (Å²) in [6.45, 7) is 2.87. The summed E-state index contributed by atoms with van der Waals surface area (Å²) in [4.78, 5) is 25.6. The Morgan fingerprint density at radius 2 is 0.615 bits per heavy atom. The Labute approximate surface area is 464 Å². The van der Waals surface area contributed by atoms with Crippen LogP contribution in [0.15, 0.2) is 109 Å². The van der Waals surface area contributed by atoms with E-state index in [0.29, 0.717) is 73.4 Å². The van der Waals surface area contributed by atoms with Gasteiger partial charge in [-0.1, -0.05) is 138 Å². The molecule has 10 heteroatoms. The van der Waals surface area contributed by atoms with Gasteiger partial charge in [-0.05, 0) is 158 Å². The number of methoxy groups -OCH3 is 2. The highest BCUT2D eigenvalue weighted by Crippen LogP contribution is 2.27. The van der Waals surface area contributed by atoms with Crippen molar-refractivity contribution in [3.63, 3.8) is 0 Å². The highest BCUT2D eigenvalue weighted by Gasteiger charge is 2.16. The van der Waals surface area contributed by atoms with Gasteiger partial charge in [-0.25, -0.2) is 9.59 Å². The van der Waals surface area contributed by atoms with Crippen molar-refractivity contribution in [3.8, 4) is 46.7 Å². The van der Waals surface area contributed by atoms with Crippen LogP contribution in [0.5, 0.6) is 23.0 Å². The minimum absolute atomic E-state index is 0.304. The number of benzene rings is 6. The predicted octanol–water partition coefficient (Wildman–Crippen LogP) is 15.1. The summed E-state index contributed by atoms with van der Waals surface area (Å²) in [7, 11) is 2.71. The average Bonchev–Trinajstić information content (AvgIpc) is 3.47. The van der Waals surface area contributed by atoms with Gasteiger partial charge < -0.3 is 38.6 Å². The monoisotopic (exact) mass is 1060 g/mol. The fourth-order valence-electron chi connectivity index (χ4n) is 9.28. The zero-order valence-electron chi connectivity index (χ0n) is 46.4. The molecule has 0 bridgehead atoms. The van der Waals surface area contributed by atoms with Crippen LogP contribution in [-0.2, 0) is 9.47 Å². The molecule has 10 nitrogen and oxygen atoms in total. The van der Waals surface area contributed by atoms with E-state index in [9.17, 15) is 9.59 Å². The van der Waals surface area contributed by atoms with E-state index >= 15 is 0 Å². The van der Waals surface area contributed by atoms with Crippen LogP contribution in [-0.4, -0.2) is 76.0 Å². The third-order valence-corrected chi connectivity index (χ3v) is 13.8. The highest BCUT2D eigenvalue weighted by atomic mass is 16.5. The van der Waals surface area contributed by atoms with Crippen molar-refractivity contribution in [1.82, 2.24) is 0 Å². The number of ether oxygens (including phenoxy) is 6. The van der Waals surface area contributed by atoms with Crippen molar-refractivity contribution >= 4 is 33.5 Å². The Morgan fingerprint density at radius 1 is 0.333 bits per heavy atom. The van der Waals surface area contributed by atoms with Gasteiger partial charge in [0.15, 0.2) is 0 Å². The quantitative estimate of drug-likeness (QED) is 0.0225. The number of esters is 2. The molecule has 6 aromatic rings. The van der Waals surface area contributed by atoms with E-state index in [0.717, 1.165) is 108 Å². The second-order valence-corrected chi connectivity index (χ2v) is 20.0. The van der Waals surface area contributed by atoms with E-state index in [2.05, 4.69) is 72.2 Å². The van der Waals surface area contributed by atoms with Gasteiger partial charge >= 0.3 is 11.9 Å². The largest absolute Gasteiger partial charge is 0.494 e. The van der Waals surface area contributed by atoms with E-state index < -0.39 is 11.9 Å². The summed E-state index contributed by atoms with van der Waals surface area (Å²) in [5.74, 6) is 14.6. The van der Waals surface area contributed by atoms with Crippen LogP contribution >= 0.6 is 0 Å². The predicted molar refractivity (Wildman–Crippen MR) is 313 cm³/mol. The summed E-state index contributed by atoms with van der Waals surface area (Å²) in [5, 5.41) is 22.1. The van der Waals surface area contributed by atoms with Crippen LogP contribution in [0.2, 0.25) is 0 Å². The molecule has 6 rings (SSSR count). The molecule has 0 spiro atoms. The van der Waals surface area contributed by atoms with E-state index in [4.69, 9.17) is 38.6 Å². The average molecular weight is 1060 g/mol. The molecular formula is C68H82O10. The Kier molecular flexibility index (Phi) is 27.4. The van der Waals surface area contributed by atoms with Crippen LogP contribution in [0.3, 0.4) is 0 Å². The molecule has 2 N–H and O–H groups in total. The number of fused-ring (bicyclic) bond motifs is 2. The SMILES string of the molecule is COC(=O)c1cc(C#Cc2ccc3cc(OCCCCCCCCCCCO)ccc3c2)ccc1OCCCCCCOc1ccc(C#Cc2ccc3cc(OCCCCCCCCCCCO)ccc3c2)cc1C(=O)OC. The first-order chi connectivity index (χ1) is 38.4. The lowest BCUT2D eigenvalue weighted by molar-refractivity contribution is 0.0586. The fourth-order valence-corrected chi connectivity index (χ4v) is 9.28. The van der Waals surface area contributed by atoms with Crippen LogP contribution in [0, 0.1) is 23.7 Å². The van der Waals surface area contributed by atoms with Crippen molar-refractivity contribution in [1.29, 1.82) is 0 Å². The topological polar surface area (TPSA) is 130 Å². The number of aliphatic hydroxyl groups is 2. The maximum absolute atomic E-state index is 12.8. The summed E-state index contributed by atoms with van der Waals surface area (Å²) >= 11 is 0. The number of hydrogen-bond donors (Lipinski definition) is 2. The van der Waals surface area contributed by atoms with Crippen molar-refractivity contribution in [2.75, 3.05) is 53.9 Å². The van der Waals surface area contributed by atoms with Crippen LogP contribution in [0.1, 0.15) is 184 Å². The third kappa shape index (κ3) is 21.4. The molecule has 0 heterocycles. The van der Waals surface area contributed by atoms with Crippen molar-refractivity contribution in [3.05, 3.63) is 143 Å². The highest BCUT2D eigenvalue weighted by molar-refractivity contribution is 5.94. The first kappa shape index (κ1) is 60.3. The number of carbonyl (C=O) groups is 2. The second-order valence-electron chi connectivity index (χ2n) is 20.0. The number of hydrogen-bond acceptors (Lipinski definition) is 10. The molecule has 0 aliphatic rings. The summed E-state index contributed by atoms with van der Waals surface area (Å²) in [5.41, 5.74) is 3.73. The molecule has 0 radical (unpaired) electrons. The lowest BCUT2D eigenvalue weighted by Crippen LogP contribution is -2.08. The molecule has 0 aliphatic heterocycles. The first-order valence-electron chi connectivity index (χ1n) is 28.7. The zero-order valence-corrected chi connectivity index (χ0v) is 46.4. The smallest absolute Gasteiger partial charge is 0.341 e. The second kappa shape index (κ2) is 35.4. The lowest BCUT2D eigenvalue weighted by atomic mass is 10.1. The molecule has 0 aromatic heterocycles. The van der Waals surface area contributed by atoms with Gasteiger partial charge in [0.25, 0.3) is 0 Å². The van der Waals surface area contributed by atoms with Gasteiger partial charge in [-0.15, -0.1) is 0 Å². The van der Waals surface area contributed by atoms with Crippen LogP contribution < -0.4 is 18.9 Å². The number of carbonyl (C=O) groups excluding carboxylic acids is 2. The normalized spacial score (nSPS) is 10.9. The Hall–Kier alpha value is -6.98. The Balaban J connectivity index is 0.893. The van der Waals surface area contributed by atoms with E-state index in [-0.39, 0.29) is 0 Å².